The van der Waals surface area contributed by atoms with Crippen molar-refractivity contribution in [1.82, 2.24) is 9.78 Å². The van der Waals surface area contributed by atoms with Gasteiger partial charge in [-0.25, -0.2) is 0 Å². The van der Waals surface area contributed by atoms with Gasteiger partial charge in [-0.3, -0.25) is 9.48 Å². The number of aryl methyl sites for hydroxylation is 1. The molecule has 0 aliphatic heterocycles. The Morgan fingerprint density at radius 1 is 1.05 bits per heavy atom. The molecule has 0 unspecified atom stereocenters. The molecule has 1 heterocycles. The first-order chi connectivity index (χ1) is 10.7. The first-order valence-corrected chi connectivity index (χ1v) is 6.85. The number of para-hydroxylation sites is 3. The van der Waals surface area contributed by atoms with Gasteiger partial charge < -0.3 is 10.1 Å². The maximum absolute atomic E-state index is 12.3. The molecule has 1 aromatic heterocycles. The van der Waals surface area contributed by atoms with Crippen molar-refractivity contribution in [1.29, 1.82) is 0 Å². The number of nitrogens with one attached hydrogen (secondary N) is 1. The van der Waals surface area contributed by atoms with E-state index in [-0.39, 0.29) is 5.91 Å². The molecule has 22 heavy (non-hydrogen) atoms. The average Bonchev–Trinajstić information content (AvgIpc) is 2.96. The minimum Gasteiger partial charge on any atom is -0.455 e. The molecule has 0 fully saturated rings. The number of aromatic nitrogens is 2. The number of anilines is 1. The van der Waals surface area contributed by atoms with Crippen LogP contribution in [-0.2, 0) is 7.05 Å². The Balaban J connectivity index is 1.83. The monoisotopic (exact) mass is 293 g/mol. The van der Waals surface area contributed by atoms with Crippen LogP contribution in [-0.4, -0.2) is 15.7 Å². The second kappa shape index (κ2) is 6.13. The number of amides is 1. The normalized spacial score (nSPS) is 10.2. The zero-order chi connectivity index (χ0) is 15.4. The Labute approximate surface area is 128 Å². The summed E-state index contributed by atoms with van der Waals surface area (Å²) >= 11 is 0. The third kappa shape index (κ3) is 2.98. The molecule has 5 nitrogen and oxygen atoms in total. The van der Waals surface area contributed by atoms with Crippen LogP contribution in [0.1, 0.15) is 10.5 Å². The smallest absolute Gasteiger partial charge is 0.274 e. The van der Waals surface area contributed by atoms with Crippen molar-refractivity contribution in [2.45, 2.75) is 0 Å². The topological polar surface area (TPSA) is 56.2 Å². The average molecular weight is 293 g/mol. The standard InChI is InChI=1S/C17H15N3O2/c1-20-15(11-12-18-20)17(21)19-14-9-5-6-10-16(14)22-13-7-3-2-4-8-13/h2-12H,1H3,(H,19,21). The van der Waals surface area contributed by atoms with E-state index in [0.29, 0.717) is 22.9 Å². The molecule has 0 aliphatic carbocycles. The molecule has 0 atom stereocenters. The van der Waals surface area contributed by atoms with E-state index in [2.05, 4.69) is 10.4 Å². The van der Waals surface area contributed by atoms with E-state index in [1.165, 1.54) is 4.68 Å². The van der Waals surface area contributed by atoms with E-state index in [0.717, 1.165) is 0 Å². The molecule has 110 valence electrons. The number of carbonyl (C=O) groups is 1. The SMILES string of the molecule is Cn1nccc1C(=O)Nc1ccccc1Oc1ccccc1. The molecule has 1 amide bonds. The molecule has 3 aromatic rings. The van der Waals surface area contributed by atoms with Crippen molar-refractivity contribution in [2.24, 2.45) is 7.05 Å². The van der Waals surface area contributed by atoms with Gasteiger partial charge in [0.15, 0.2) is 5.75 Å². The lowest BCUT2D eigenvalue weighted by Crippen LogP contribution is -2.16. The summed E-state index contributed by atoms with van der Waals surface area (Å²) in [5, 5.41) is 6.84. The molecule has 0 spiro atoms. The van der Waals surface area contributed by atoms with Crippen LogP contribution in [0.4, 0.5) is 5.69 Å². The summed E-state index contributed by atoms with van der Waals surface area (Å²) in [7, 11) is 1.72. The van der Waals surface area contributed by atoms with Crippen molar-refractivity contribution in [3.05, 3.63) is 72.6 Å². The maximum Gasteiger partial charge on any atom is 0.274 e. The second-order valence-corrected chi connectivity index (χ2v) is 4.71. The van der Waals surface area contributed by atoms with Crippen LogP contribution in [0, 0.1) is 0 Å². The number of hydrogen-bond donors (Lipinski definition) is 1. The quantitative estimate of drug-likeness (QED) is 0.801. The minimum atomic E-state index is -0.232. The van der Waals surface area contributed by atoms with Gasteiger partial charge in [0, 0.05) is 13.2 Å². The number of hydrogen-bond acceptors (Lipinski definition) is 3. The summed E-state index contributed by atoms with van der Waals surface area (Å²) in [5.74, 6) is 1.07. The fourth-order valence-corrected chi connectivity index (χ4v) is 2.06. The lowest BCUT2D eigenvalue weighted by Gasteiger charge is -2.12. The Kier molecular flexibility index (Phi) is 3.87. The highest BCUT2D eigenvalue weighted by Gasteiger charge is 2.13. The molecular weight excluding hydrogens is 278 g/mol. The van der Waals surface area contributed by atoms with Crippen LogP contribution >= 0.6 is 0 Å². The number of nitrogens with zero attached hydrogens (tertiary/aromatic N) is 2. The predicted molar refractivity (Wildman–Crippen MR) is 84.1 cm³/mol. The molecule has 2 aromatic carbocycles. The number of carbonyl (C=O) groups excluding carboxylic acids is 1. The first-order valence-electron chi connectivity index (χ1n) is 6.85. The summed E-state index contributed by atoms with van der Waals surface area (Å²) in [6, 6.07) is 18.4. The third-order valence-electron chi connectivity index (χ3n) is 3.16. The van der Waals surface area contributed by atoms with Gasteiger partial charge in [0.2, 0.25) is 0 Å². The van der Waals surface area contributed by atoms with E-state index < -0.39 is 0 Å². The highest BCUT2D eigenvalue weighted by atomic mass is 16.5. The zero-order valence-corrected chi connectivity index (χ0v) is 12.1. The van der Waals surface area contributed by atoms with Crippen LogP contribution in [0.3, 0.4) is 0 Å². The maximum atomic E-state index is 12.3. The van der Waals surface area contributed by atoms with Gasteiger partial charge in [0.05, 0.1) is 5.69 Å². The number of ether oxygens (including phenoxy) is 1. The lowest BCUT2D eigenvalue weighted by molar-refractivity contribution is 0.101. The van der Waals surface area contributed by atoms with Gasteiger partial charge in [-0.05, 0) is 30.3 Å². The Morgan fingerprint density at radius 3 is 2.50 bits per heavy atom. The largest absolute Gasteiger partial charge is 0.455 e. The van der Waals surface area contributed by atoms with Gasteiger partial charge in [-0.15, -0.1) is 0 Å². The fourth-order valence-electron chi connectivity index (χ4n) is 2.06. The van der Waals surface area contributed by atoms with Crippen molar-refractivity contribution >= 4 is 11.6 Å². The van der Waals surface area contributed by atoms with Gasteiger partial charge in [-0.1, -0.05) is 30.3 Å². The minimum absolute atomic E-state index is 0.232. The number of benzene rings is 2. The van der Waals surface area contributed by atoms with Crippen molar-refractivity contribution in [3.8, 4) is 11.5 Å². The molecule has 3 rings (SSSR count). The van der Waals surface area contributed by atoms with Crippen LogP contribution in [0.15, 0.2) is 66.9 Å². The van der Waals surface area contributed by atoms with Gasteiger partial charge in [0.25, 0.3) is 5.91 Å². The van der Waals surface area contributed by atoms with E-state index in [1.54, 1.807) is 25.4 Å². The molecular formula is C17H15N3O2. The first kappa shape index (κ1) is 13.9. The molecule has 0 aliphatic rings. The second-order valence-electron chi connectivity index (χ2n) is 4.71. The molecule has 5 heteroatoms. The summed E-state index contributed by atoms with van der Waals surface area (Å²) < 4.78 is 7.34. The summed E-state index contributed by atoms with van der Waals surface area (Å²) in [6.07, 6.45) is 1.58. The lowest BCUT2D eigenvalue weighted by atomic mass is 10.2. The molecule has 0 bridgehead atoms. The zero-order valence-electron chi connectivity index (χ0n) is 12.1. The third-order valence-corrected chi connectivity index (χ3v) is 3.16. The van der Waals surface area contributed by atoms with Crippen molar-refractivity contribution < 1.29 is 9.53 Å². The van der Waals surface area contributed by atoms with E-state index in [9.17, 15) is 4.79 Å². The van der Waals surface area contributed by atoms with Crippen molar-refractivity contribution in [3.63, 3.8) is 0 Å². The highest BCUT2D eigenvalue weighted by molar-refractivity contribution is 6.03. The van der Waals surface area contributed by atoms with Crippen LogP contribution in [0.5, 0.6) is 11.5 Å². The van der Waals surface area contributed by atoms with Gasteiger partial charge in [0.1, 0.15) is 11.4 Å². The highest BCUT2D eigenvalue weighted by Crippen LogP contribution is 2.29. The Morgan fingerprint density at radius 2 is 1.77 bits per heavy atom. The summed E-state index contributed by atoms with van der Waals surface area (Å²) in [6.45, 7) is 0. The molecule has 0 saturated heterocycles. The fraction of sp³-hybridized carbons (Fsp3) is 0.0588. The Bertz CT molecular complexity index is 781. The van der Waals surface area contributed by atoms with Crippen LogP contribution in [0.25, 0.3) is 0 Å². The van der Waals surface area contributed by atoms with Crippen molar-refractivity contribution in [2.75, 3.05) is 5.32 Å². The Hall–Kier alpha value is -3.08. The predicted octanol–water partition coefficient (Wildman–Crippen LogP) is 3.46. The summed E-state index contributed by atoms with van der Waals surface area (Å²) in [5.41, 5.74) is 1.09. The molecule has 0 saturated carbocycles. The molecule has 0 radical (unpaired) electrons. The van der Waals surface area contributed by atoms with E-state index >= 15 is 0 Å². The van der Waals surface area contributed by atoms with Gasteiger partial charge in [-0.2, -0.15) is 5.10 Å². The van der Waals surface area contributed by atoms with Crippen LogP contribution < -0.4 is 10.1 Å². The van der Waals surface area contributed by atoms with Gasteiger partial charge >= 0.3 is 0 Å². The van der Waals surface area contributed by atoms with Crippen LogP contribution in [0.2, 0.25) is 0 Å². The van der Waals surface area contributed by atoms with E-state index in [1.807, 2.05) is 48.5 Å². The number of rotatable bonds is 4. The van der Waals surface area contributed by atoms with E-state index in [4.69, 9.17) is 4.74 Å². The summed E-state index contributed by atoms with van der Waals surface area (Å²) in [4.78, 5) is 12.3. The molecule has 1 N–H and O–H groups in total.